The van der Waals surface area contributed by atoms with Gasteiger partial charge in [0.25, 0.3) is 5.91 Å². The Morgan fingerprint density at radius 2 is 1.87 bits per heavy atom. The van der Waals surface area contributed by atoms with Gasteiger partial charge in [-0.25, -0.2) is 4.98 Å². The van der Waals surface area contributed by atoms with E-state index in [2.05, 4.69) is 21.4 Å². The Kier molecular flexibility index (Phi) is 6.87. The number of imidazole rings is 1. The second-order valence-electron chi connectivity index (χ2n) is 8.81. The van der Waals surface area contributed by atoms with Crippen molar-refractivity contribution in [1.29, 1.82) is 5.26 Å². The number of aryl methyl sites for hydroxylation is 2. The summed E-state index contributed by atoms with van der Waals surface area (Å²) in [5.74, 6) is 2.21. The van der Waals surface area contributed by atoms with Crippen LogP contribution in [-0.4, -0.2) is 42.8 Å². The molecule has 1 aliphatic rings. The number of ether oxygens (including phenoxy) is 4. The lowest BCUT2D eigenvalue weighted by Gasteiger charge is -2.19. The second kappa shape index (κ2) is 10.6. The van der Waals surface area contributed by atoms with Crippen LogP contribution < -0.4 is 24.3 Å². The molecule has 38 heavy (non-hydrogen) atoms. The van der Waals surface area contributed by atoms with Gasteiger partial charge >= 0.3 is 0 Å². The van der Waals surface area contributed by atoms with Gasteiger partial charge in [0.2, 0.25) is 0 Å². The number of nitriles is 1. The van der Waals surface area contributed by atoms with Gasteiger partial charge in [0.1, 0.15) is 25.1 Å². The van der Waals surface area contributed by atoms with Crippen LogP contribution in [0.2, 0.25) is 0 Å². The van der Waals surface area contributed by atoms with Crippen LogP contribution in [0.15, 0.2) is 48.5 Å². The molecule has 0 unspecified atom stereocenters. The third-order valence-corrected chi connectivity index (χ3v) is 6.16. The summed E-state index contributed by atoms with van der Waals surface area (Å²) in [7, 11) is 1.51. The average molecular weight is 511 g/mol. The van der Waals surface area contributed by atoms with E-state index < -0.39 is 0 Å². The van der Waals surface area contributed by atoms with E-state index in [1.165, 1.54) is 7.11 Å². The zero-order valence-electron chi connectivity index (χ0n) is 21.3. The Balaban J connectivity index is 1.28. The molecule has 3 aromatic carbocycles. The molecule has 2 N–H and O–H groups in total. The van der Waals surface area contributed by atoms with E-state index in [0.29, 0.717) is 53.3 Å². The van der Waals surface area contributed by atoms with Gasteiger partial charge in [0.15, 0.2) is 29.6 Å². The molecule has 0 bridgehead atoms. The topological polar surface area (TPSA) is 118 Å². The number of aromatic nitrogens is 2. The molecule has 4 aromatic rings. The lowest BCUT2D eigenvalue weighted by Crippen LogP contribution is -2.21. The number of amides is 1. The maximum absolute atomic E-state index is 12.5. The molecule has 0 spiro atoms. The molecule has 0 radical (unpaired) electrons. The quantitative estimate of drug-likeness (QED) is 0.334. The predicted molar refractivity (Wildman–Crippen MR) is 144 cm³/mol. The number of H-pyrrole nitrogens is 1. The Morgan fingerprint density at radius 3 is 2.66 bits per heavy atom. The van der Waals surface area contributed by atoms with Gasteiger partial charge < -0.3 is 29.2 Å². The largest absolute Gasteiger partial charge is 0.493 e. The number of benzene rings is 3. The second-order valence-corrected chi connectivity index (χ2v) is 8.81. The lowest BCUT2D eigenvalue weighted by atomic mass is 10.1. The van der Waals surface area contributed by atoms with Crippen molar-refractivity contribution in [1.82, 2.24) is 9.97 Å². The van der Waals surface area contributed by atoms with E-state index in [-0.39, 0.29) is 12.5 Å². The maximum atomic E-state index is 12.5. The fourth-order valence-corrected chi connectivity index (χ4v) is 4.07. The van der Waals surface area contributed by atoms with Crippen LogP contribution in [0.3, 0.4) is 0 Å². The molecule has 1 aliphatic heterocycles. The summed E-state index contributed by atoms with van der Waals surface area (Å²) in [6, 6.07) is 16.7. The Bertz CT molecular complexity index is 1560. The van der Waals surface area contributed by atoms with Gasteiger partial charge in [-0.05, 0) is 73.0 Å². The van der Waals surface area contributed by atoms with Crippen molar-refractivity contribution in [3.63, 3.8) is 0 Å². The van der Waals surface area contributed by atoms with Crippen LogP contribution in [0, 0.1) is 25.2 Å². The van der Waals surface area contributed by atoms with Crippen molar-refractivity contribution in [3.8, 4) is 29.1 Å². The van der Waals surface area contributed by atoms with Crippen LogP contribution in [-0.2, 0) is 4.79 Å². The van der Waals surface area contributed by atoms with Crippen LogP contribution in [0.1, 0.15) is 22.5 Å². The number of aromatic amines is 1. The van der Waals surface area contributed by atoms with Gasteiger partial charge in [0.05, 0.1) is 23.7 Å². The van der Waals surface area contributed by atoms with Gasteiger partial charge in [-0.15, -0.1) is 0 Å². The number of carbonyl (C=O) groups excluding carboxylic acids is 1. The zero-order chi connectivity index (χ0) is 26.6. The number of hydrogen-bond acceptors (Lipinski definition) is 7. The van der Waals surface area contributed by atoms with E-state index >= 15 is 0 Å². The molecule has 0 saturated heterocycles. The molecule has 9 heteroatoms. The Hall–Kier alpha value is -4.97. The zero-order valence-corrected chi connectivity index (χ0v) is 21.3. The molecule has 1 aromatic heterocycles. The summed E-state index contributed by atoms with van der Waals surface area (Å²) < 4.78 is 22.2. The molecule has 0 saturated carbocycles. The first-order chi connectivity index (χ1) is 18.4. The average Bonchev–Trinajstić information content (AvgIpc) is 3.33. The fourth-order valence-electron chi connectivity index (χ4n) is 4.07. The van der Waals surface area contributed by atoms with Crippen molar-refractivity contribution in [2.45, 2.75) is 13.8 Å². The predicted octanol–water partition coefficient (Wildman–Crippen LogP) is 5.04. The summed E-state index contributed by atoms with van der Waals surface area (Å²) in [5.41, 5.74) is 5.65. The summed E-state index contributed by atoms with van der Waals surface area (Å²) >= 11 is 0. The first-order valence-electron chi connectivity index (χ1n) is 12.0. The van der Waals surface area contributed by atoms with Crippen LogP contribution in [0.5, 0.6) is 23.0 Å². The summed E-state index contributed by atoms with van der Waals surface area (Å²) in [5, 5.41) is 12.6. The highest BCUT2D eigenvalue weighted by molar-refractivity contribution is 5.92. The lowest BCUT2D eigenvalue weighted by molar-refractivity contribution is -0.118. The van der Waals surface area contributed by atoms with Crippen molar-refractivity contribution in [2.24, 2.45) is 0 Å². The standard InChI is InChI=1S/C29H26N4O5/c1-17-10-22-23(11-18(17)2)33-29(32-22)20(15-30)12-19-4-6-24(26(13-19)35-3)38-16-28(34)31-21-5-7-25-27(14-21)37-9-8-36-25/h4-7,10-14H,8-9,16H2,1-3H3,(H,31,34)(H,32,33)/b20-12+. The maximum Gasteiger partial charge on any atom is 0.262 e. The molecule has 0 atom stereocenters. The highest BCUT2D eigenvalue weighted by atomic mass is 16.6. The van der Waals surface area contributed by atoms with Gasteiger partial charge in [0, 0.05) is 11.8 Å². The van der Waals surface area contributed by atoms with E-state index in [4.69, 9.17) is 18.9 Å². The van der Waals surface area contributed by atoms with Crippen molar-refractivity contribution in [2.75, 3.05) is 32.2 Å². The van der Waals surface area contributed by atoms with Crippen molar-refractivity contribution in [3.05, 3.63) is 71.0 Å². The first-order valence-corrected chi connectivity index (χ1v) is 12.0. The molecule has 5 rings (SSSR count). The first kappa shape index (κ1) is 24.7. The monoisotopic (exact) mass is 510 g/mol. The van der Waals surface area contributed by atoms with E-state index in [1.54, 1.807) is 42.5 Å². The molecule has 1 amide bonds. The number of fused-ring (bicyclic) bond motifs is 2. The fraction of sp³-hybridized carbons (Fsp3) is 0.207. The van der Waals surface area contributed by atoms with E-state index in [0.717, 1.165) is 27.7 Å². The van der Waals surface area contributed by atoms with Crippen molar-refractivity contribution < 1.29 is 23.7 Å². The molecule has 0 aliphatic carbocycles. The minimum Gasteiger partial charge on any atom is -0.493 e. The number of hydrogen-bond donors (Lipinski definition) is 2. The Labute approximate surface area is 219 Å². The van der Waals surface area contributed by atoms with Gasteiger partial charge in [-0.2, -0.15) is 5.26 Å². The minimum atomic E-state index is -0.338. The smallest absolute Gasteiger partial charge is 0.262 e. The summed E-state index contributed by atoms with van der Waals surface area (Å²) in [4.78, 5) is 20.3. The third-order valence-electron chi connectivity index (χ3n) is 6.16. The minimum absolute atomic E-state index is 0.221. The third kappa shape index (κ3) is 5.25. The van der Waals surface area contributed by atoms with E-state index in [9.17, 15) is 10.1 Å². The van der Waals surface area contributed by atoms with Crippen molar-refractivity contribution >= 4 is 34.3 Å². The molecular formula is C29H26N4O5. The van der Waals surface area contributed by atoms with E-state index in [1.807, 2.05) is 26.0 Å². The number of rotatable bonds is 7. The number of methoxy groups -OCH3 is 1. The highest BCUT2D eigenvalue weighted by Gasteiger charge is 2.15. The van der Waals surface area contributed by atoms with Gasteiger partial charge in [-0.3, -0.25) is 4.79 Å². The van der Waals surface area contributed by atoms with Gasteiger partial charge in [-0.1, -0.05) is 6.07 Å². The molecule has 0 fully saturated rings. The molecule has 2 heterocycles. The number of carbonyl (C=O) groups is 1. The van der Waals surface area contributed by atoms with Crippen LogP contribution in [0.25, 0.3) is 22.7 Å². The molecule has 192 valence electrons. The number of nitrogens with zero attached hydrogens (tertiary/aromatic N) is 2. The molecule has 9 nitrogen and oxygen atoms in total. The summed E-state index contributed by atoms with van der Waals surface area (Å²) in [6.45, 7) is 4.81. The summed E-state index contributed by atoms with van der Waals surface area (Å²) in [6.07, 6.45) is 1.72. The number of nitrogens with one attached hydrogen (secondary N) is 2. The normalized spacial score (nSPS) is 12.6. The Morgan fingerprint density at radius 1 is 1.08 bits per heavy atom. The number of allylic oxidation sites excluding steroid dienone is 1. The number of anilines is 1. The van der Waals surface area contributed by atoms with Crippen LogP contribution in [0.4, 0.5) is 5.69 Å². The molecular weight excluding hydrogens is 484 g/mol. The highest BCUT2D eigenvalue weighted by Crippen LogP contribution is 2.33. The SMILES string of the molecule is COc1cc(/C=C(\C#N)c2nc3cc(C)c(C)cc3[nH]2)ccc1OCC(=O)Nc1ccc2c(c1)OCCO2. The van der Waals surface area contributed by atoms with Crippen LogP contribution >= 0.6 is 0 Å².